The van der Waals surface area contributed by atoms with Crippen molar-refractivity contribution in [3.63, 3.8) is 0 Å². The summed E-state index contributed by atoms with van der Waals surface area (Å²) in [5, 5.41) is 6.50. The number of rotatable bonds is 5. The van der Waals surface area contributed by atoms with Gasteiger partial charge >= 0.3 is 0 Å². The largest absolute Gasteiger partial charge is 0.352 e. The van der Waals surface area contributed by atoms with Crippen molar-refractivity contribution in [2.45, 2.75) is 32.4 Å². The lowest BCUT2D eigenvalue weighted by molar-refractivity contribution is -0.130. The molecule has 9 heteroatoms. The zero-order chi connectivity index (χ0) is 23.7. The number of amides is 2. The molecule has 2 atom stereocenters. The number of halogens is 3. The van der Waals surface area contributed by atoms with Crippen molar-refractivity contribution in [2.24, 2.45) is 5.92 Å². The highest BCUT2D eigenvalue weighted by atomic mass is 19.2. The first-order valence-corrected chi connectivity index (χ1v) is 10.5. The molecule has 0 bridgehead atoms. The van der Waals surface area contributed by atoms with Gasteiger partial charge in [0.1, 0.15) is 6.04 Å². The number of aromatic nitrogens is 1. The number of hydrogen-bond acceptors (Lipinski definition) is 4. The predicted molar refractivity (Wildman–Crippen MR) is 113 cm³/mol. The fourth-order valence-electron chi connectivity index (χ4n) is 3.92. The molecule has 1 saturated heterocycles. The number of piperazine rings is 1. The molecule has 0 radical (unpaired) electrons. The van der Waals surface area contributed by atoms with E-state index >= 15 is 4.39 Å². The number of hydrogen-bond donors (Lipinski definition) is 1. The topological polar surface area (TPSA) is 75.4 Å². The zero-order valence-electron chi connectivity index (χ0n) is 18.0. The molecule has 1 aromatic heterocycles. The van der Waals surface area contributed by atoms with Crippen molar-refractivity contribution < 1.29 is 27.3 Å². The van der Waals surface area contributed by atoms with E-state index < -0.39 is 46.9 Å². The molecular weight excluding hydrogens is 435 g/mol. The number of carbonyl (C=O) groups is 2. The van der Waals surface area contributed by atoms with Crippen LogP contribution in [0.15, 0.2) is 53.1 Å². The Morgan fingerprint density at radius 2 is 1.88 bits per heavy atom. The Labute approximate surface area is 188 Å². The first-order valence-electron chi connectivity index (χ1n) is 10.5. The lowest BCUT2D eigenvalue weighted by atomic mass is 9.95. The second-order valence-corrected chi connectivity index (χ2v) is 8.38. The maximum absolute atomic E-state index is 15.1. The first kappa shape index (κ1) is 22.6. The quantitative estimate of drug-likeness (QED) is 0.613. The van der Waals surface area contributed by atoms with Crippen LogP contribution in [-0.2, 0) is 4.79 Å². The van der Waals surface area contributed by atoms with Crippen LogP contribution < -0.4 is 5.32 Å². The van der Waals surface area contributed by atoms with Crippen LogP contribution in [0.3, 0.4) is 0 Å². The Morgan fingerprint density at radius 1 is 1.15 bits per heavy atom. The van der Waals surface area contributed by atoms with Gasteiger partial charge in [-0.2, -0.15) is 4.39 Å². The van der Waals surface area contributed by atoms with Crippen LogP contribution in [0.1, 0.15) is 42.4 Å². The SMILES string of the molecule is CC(C)C[C@H]1C(=O)N[C@@H](c2ccccc2)CN1C(=O)c1noc(-c2ccc(F)c(F)c2)c1F. The van der Waals surface area contributed by atoms with E-state index in [1.165, 1.54) is 4.90 Å². The average molecular weight is 457 g/mol. The van der Waals surface area contributed by atoms with Crippen LogP contribution >= 0.6 is 0 Å². The highest BCUT2D eigenvalue weighted by Crippen LogP contribution is 2.30. The van der Waals surface area contributed by atoms with Gasteiger partial charge in [-0.1, -0.05) is 49.3 Å². The molecular formula is C24H22F3N3O3. The monoisotopic (exact) mass is 457 g/mol. The van der Waals surface area contributed by atoms with Crippen LogP contribution in [0, 0.1) is 23.4 Å². The molecule has 0 unspecified atom stereocenters. The molecule has 0 saturated carbocycles. The second-order valence-electron chi connectivity index (χ2n) is 8.38. The van der Waals surface area contributed by atoms with Crippen molar-refractivity contribution >= 4 is 11.8 Å². The molecule has 33 heavy (non-hydrogen) atoms. The van der Waals surface area contributed by atoms with Crippen LogP contribution in [-0.4, -0.2) is 34.5 Å². The van der Waals surface area contributed by atoms with E-state index in [9.17, 15) is 18.4 Å². The molecule has 0 spiro atoms. The van der Waals surface area contributed by atoms with E-state index in [0.29, 0.717) is 6.42 Å². The highest BCUT2D eigenvalue weighted by molar-refractivity contribution is 5.98. The Hall–Kier alpha value is -3.62. The summed E-state index contributed by atoms with van der Waals surface area (Å²) in [6, 6.07) is 10.5. The van der Waals surface area contributed by atoms with E-state index in [1.807, 2.05) is 44.2 Å². The summed E-state index contributed by atoms with van der Waals surface area (Å²) in [4.78, 5) is 27.6. The van der Waals surface area contributed by atoms with Crippen molar-refractivity contribution in [1.82, 2.24) is 15.4 Å². The van der Waals surface area contributed by atoms with Crippen LogP contribution in [0.5, 0.6) is 0 Å². The molecule has 2 aromatic carbocycles. The van der Waals surface area contributed by atoms with Gasteiger partial charge in [0.25, 0.3) is 5.91 Å². The molecule has 2 heterocycles. The first-order chi connectivity index (χ1) is 15.8. The Bertz CT molecular complexity index is 1180. The summed E-state index contributed by atoms with van der Waals surface area (Å²) in [5.41, 5.74) is 0.0787. The Kier molecular flexibility index (Phi) is 6.22. The predicted octanol–water partition coefficient (Wildman–Crippen LogP) is 4.49. The van der Waals surface area contributed by atoms with E-state index in [-0.39, 0.29) is 23.9 Å². The maximum Gasteiger partial charge on any atom is 0.279 e. The van der Waals surface area contributed by atoms with E-state index in [2.05, 4.69) is 10.5 Å². The van der Waals surface area contributed by atoms with Gasteiger partial charge < -0.3 is 14.7 Å². The molecule has 2 amide bonds. The van der Waals surface area contributed by atoms with Crippen LogP contribution in [0.2, 0.25) is 0 Å². The molecule has 1 aliphatic heterocycles. The molecule has 4 rings (SSSR count). The fraction of sp³-hybridized carbons (Fsp3) is 0.292. The van der Waals surface area contributed by atoms with E-state index in [4.69, 9.17) is 4.52 Å². The third kappa shape index (κ3) is 4.48. The van der Waals surface area contributed by atoms with Crippen molar-refractivity contribution in [3.8, 4) is 11.3 Å². The molecule has 1 aliphatic rings. The summed E-state index contributed by atoms with van der Waals surface area (Å²) in [7, 11) is 0. The number of nitrogens with zero attached hydrogens (tertiary/aromatic N) is 2. The summed E-state index contributed by atoms with van der Waals surface area (Å²) in [6.45, 7) is 3.94. The molecule has 6 nitrogen and oxygen atoms in total. The van der Waals surface area contributed by atoms with Crippen LogP contribution in [0.25, 0.3) is 11.3 Å². The van der Waals surface area contributed by atoms with E-state index in [0.717, 1.165) is 23.8 Å². The standard InChI is InChI=1S/C24H22F3N3O3/c1-13(2)10-19-23(31)28-18(14-6-4-3-5-7-14)12-30(19)24(32)21-20(27)22(33-29-21)15-8-9-16(25)17(26)11-15/h3-9,11,13,18-19H,10,12H2,1-2H3,(H,28,31)/t18-,19+/m1/s1. The third-order valence-electron chi connectivity index (χ3n) is 5.55. The normalized spacial score (nSPS) is 18.5. The average Bonchev–Trinajstić information content (AvgIpc) is 3.18. The molecule has 0 aliphatic carbocycles. The Morgan fingerprint density at radius 3 is 2.55 bits per heavy atom. The minimum absolute atomic E-state index is 0.0873. The lowest BCUT2D eigenvalue weighted by Gasteiger charge is -2.40. The summed E-state index contributed by atoms with van der Waals surface area (Å²) < 4.78 is 47.0. The van der Waals surface area contributed by atoms with Gasteiger partial charge in [0.15, 0.2) is 11.6 Å². The minimum atomic E-state index is -1.19. The van der Waals surface area contributed by atoms with Crippen LogP contribution in [0.4, 0.5) is 13.2 Å². The summed E-state index contributed by atoms with van der Waals surface area (Å²) in [5.74, 6) is -4.95. The third-order valence-corrected chi connectivity index (χ3v) is 5.55. The van der Waals surface area contributed by atoms with Gasteiger partial charge in [0.05, 0.1) is 6.04 Å². The smallest absolute Gasteiger partial charge is 0.279 e. The van der Waals surface area contributed by atoms with Gasteiger partial charge in [0.2, 0.25) is 23.2 Å². The maximum atomic E-state index is 15.1. The second kappa shape index (κ2) is 9.09. The van der Waals surface area contributed by atoms with Crippen molar-refractivity contribution in [2.75, 3.05) is 6.54 Å². The number of carbonyl (C=O) groups excluding carboxylic acids is 2. The van der Waals surface area contributed by atoms with E-state index in [1.54, 1.807) is 0 Å². The number of benzene rings is 2. The molecule has 172 valence electrons. The summed E-state index contributed by atoms with van der Waals surface area (Å²) in [6.07, 6.45) is 0.370. The summed E-state index contributed by atoms with van der Waals surface area (Å²) >= 11 is 0. The zero-order valence-corrected chi connectivity index (χ0v) is 18.0. The van der Waals surface area contributed by atoms with Crippen molar-refractivity contribution in [3.05, 3.63) is 77.2 Å². The number of nitrogens with one attached hydrogen (secondary N) is 1. The van der Waals surface area contributed by atoms with Gasteiger partial charge in [0, 0.05) is 12.1 Å². The molecule has 3 aromatic rings. The van der Waals surface area contributed by atoms with Gasteiger partial charge in [-0.3, -0.25) is 9.59 Å². The van der Waals surface area contributed by atoms with Gasteiger partial charge in [-0.15, -0.1) is 0 Å². The molecule has 1 fully saturated rings. The fourth-order valence-corrected chi connectivity index (χ4v) is 3.92. The van der Waals surface area contributed by atoms with Gasteiger partial charge in [-0.25, -0.2) is 8.78 Å². The van der Waals surface area contributed by atoms with Crippen molar-refractivity contribution in [1.29, 1.82) is 0 Å². The lowest BCUT2D eigenvalue weighted by Crippen LogP contribution is -2.58. The Balaban J connectivity index is 1.68. The highest BCUT2D eigenvalue weighted by Gasteiger charge is 2.40. The minimum Gasteiger partial charge on any atom is -0.352 e. The van der Waals surface area contributed by atoms with Gasteiger partial charge in [-0.05, 0) is 36.1 Å². The molecule has 1 N–H and O–H groups in total.